The first-order valence-corrected chi connectivity index (χ1v) is 4.13. The number of halogens is 1. The number of nitrogens with zero attached hydrogens (tertiary/aromatic N) is 1. The fourth-order valence-electron chi connectivity index (χ4n) is 0.946. The van der Waals surface area contributed by atoms with E-state index >= 15 is 0 Å². The highest BCUT2D eigenvalue weighted by Gasteiger charge is 2.10. The molecule has 0 bridgehead atoms. The molecule has 1 rings (SSSR count). The number of carbonyl (C=O) groups excluding carboxylic acids is 1. The predicted octanol–water partition coefficient (Wildman–Crippen LogP) is 1.75. The van der Waals surface area contributed by atoms with Crippen LogP contribution in [0.15, 0.2) is 12.3 Å². The number of primary amides is 1. The quantitative estimate of drug-likeness (QED) is 0.740. The third-order valence-corrected chi connectivity index (χ3v) is 1.80. The highest BCUT2D eigenvalue weighted by molar-refractivity contribution is 6.31. The van der Waals surface area contributed by atoms with Gasteiger partial charge in [0.2, 0.25) is 0 Å². The Morgan fingerprint density at radius 1 is 1.77 bits per heavy atom. The highest BCUT2D eigenvalue weighted by Crippen LogP contribution is 2.26. The molecule has 0 aromatic carbocycles. The minimum absolute atomic E-state index is 0.151. The van der Waals surface area contributed by atoms with Crippen LogP contribution in [0.5, 0.6) is 5.75 Å². The molecule has 1 heterocycles. The molecule has 1 aromatic rings. The summed E-state index contributed by atoms with van der Waals surface area (Å²) in [5.41, 5.74) is 5.67. The molecule has 0 spiro atoms. The van der Waals surface area contributed by atoms with Crippen molar-refractivity contribution in [3.05, 3.63) is 23.0 Å². The molecule has 0 unspecified atom stereocenters. The van der Waals surface area contributed by atoms with Crippen LogP contribution in [0.4, 0.5) is 4.79 Å². The van der Waals surface area contributed by atoms with Gasteiger partial charge in [0.15, 0.2) is 10.9 Å². The molecule has 13 heavy (non-hydrogen) atoms. The number of pyridine rings is 1. The van der Waals surface area contributed by atoms with Crippen molar-refractivity contribution in [1.29, 1.82) is 0 Å². The van der Waals surface area contributed by atoms with Crippen LogP contribution in [-0.2, 0) is 6.42 Å². The van der Waals surface area contributed by atoms with Crippen LogP contribution in [0.25, 0.3) is 0 Å². The lowest BCUT2D eigenvalue weighted by molar-refractivity contribution is 0.210. The van der Waals surface area contributed by atoms with Crippen molar-refractivity contribution < 1.29 is 9.53 Å². The normalized spacial score (nSPS) is 9.69. The number of hydrogen-bond acceptors (Lipinski definition) is 3. The molecule has 0 saturated carbocycles. The Kier molecular flexibility index (Phi) is 3.08. The van der Waals surface area contributed by atoms with Crippen molar-refractivity contribution in [2.75, 3.05) is 0 Å². The number of aromatic nitrogens is 1. The van der Waals surface area contributed by atoms with E-state index in [2.05, 4.69) is 4.98 Å². The first kappa shape index (κ1) is 9.80. The molecular weight excluding hydrogens is 192 g/mol. The first-order chi connectivity index (χ1) is 6.15. The zero-order chi connectivity index (χ0) is 9.84. The SMILES string of the molecule is CCc1ccnc(Cl)c1OC(N)=O. The van der Waals surface area contributed by atoms with Gasteiger partial charge >= 0.3 is 6.09 Å². The van der Waals surface area contributed by atoms with Gasteiger partial charge in [-0.3, -0.25) is 0 Å². The Bertz CT molecular complexity index is 328. The van der Waals surface area contributed by atoms with E-state index in [0.29, 0.717) is 6.42 Å². The number of rotatable bonds is 2. The van der Waals surface area contributed by atoms with Gasteiger partial charge in [-0.1, -0.05) is 18.5 Å². The summed E-state index contributed by atoms with van der Waals surface area (Å²) in [5.74, 6) is 0.249. The van der Waals surface area contributed by atoms with Gasteiger partial charge in [-0.05, 0) is 18.1 Å². The van der Waals surface area contributed by atoms with Crippen molar-refractivity contribution in [2.24, 2.45) is 5.73 Å². The van der Waals surface area contributed by atoms with E-state index in [0.717, 1.165) is 5.56 Å². The maximum absolute atomic E-state index is 10.5. The van der Waals surface area contributed by atoms with Gasteiger partial charge in [0.1, 0.15) is 0 Å². The van der Waals surface area contributed by atoms with Gasteiger partial charge in [-0.2, -0.15) is 0 Å². The lowest BCUT2D eigenvalue weighted by Gasteiger charge is -2.06. The zero-order valence-electron chi connectivity index (χ0n) is 7.08. The van der Waals surface area contributed by atoms with Crippen molar-refractivity contribution in [3.8, 4) is 5.75 Å². The van der Waals surface area contributed by atoms with Crippen LogP contribution in [-0.4, -0.2) is 11.1 Å². The third-order valence-electron chi connectivity index (χ3n) is 1.53. The van der Waals surface area contributed by atoms with E-state index in [1.165, 1.54) is 0 Å². The van der Waals surface area contributed by atoms with Crippen LogP contribution in [0.1, 0.15) is 12.5 Å². The molecule has 2 N–H and O–H groups in total. The Morgan fingerprint density at radius 3 is 3.00 bits per heavy atom. The molecule has 0 saturated heterocycles. The number of nitrogens with two attached hydrogens (primary N) is 1. The summed E-state index contributed by atoms with van der Waals surface area (Å²) in [7, 11) is 0. The summed E-state index contributed by atoms with van der Waals surface area (Å²) < 4.78 is 4.71. The maximum atomic E-state index is 10.5. The van der Waals surface area contributed by atoms with Crippen LogP contribution >= 0.6 is 11.6 Å². The van der Waals surface area contributed by atoms with Crippen molar-refractivity contribution in [1.82, 2.24) is 4.98 Å². The molecule has 70 valence electrons. The fraction of sp³-hybridized carbons (Fsp3) is 0.250. The molecule has 5 heteroatoms. The lowest BCUT2D eigenvalue weighted by Crippen LogP contribution is -2.17. The van der Waals surface area contributed by atoms with E-state index in [1.807, 2.05) is 6.92 Å². The Labute approximate surface area is 80.7 Å². The molecule has 1 aromatic heterocycles. The minimum atomic E-state index is -0.885. The summed E-state index contributed by atoms with van der Waals surface area (Å²) >= 11 is 5.71. The molecule has 0 atom stereocenters. The summed E-state index contributed by atoms with van der Waals surface area (Å²) in [5, 5.41) is 0.151. The van der Waals surface area contributed by atoms with Crippen LogP contribution in [0.2, 0.25) is 5.15 Å². The number of ether oxygens (including phenoxy) is 1. The fourth-order valence-corrected chi connectivity index (χ4v) is 1.16. The number of carbonyl (C=O) groups is 1. The summed E-state index contributed by atoms with van der Waals surface area (Å²) in [4.78, 5) is 14.3. The monoisotopic (exact) mass is 200 g/mol. The van der Waals surface area contributed by atoms with E-state index < -0.39 is 6.09 Å². The highest BCUT2D eigenvalue weighted by atomic mass is 35.5. The first-order valence-electron chi connectivity index (χ1n) is 3.75. The number of hydrogen-bond donors (Lipinski definition) is 1. The second-order valence-corrected chi connectivity index (χ2v) is 2.72. The van der Waals surface area contributed by atoms with E-state index in [-0.39, 0.29) is 10.9 Å². The molecule has 0 radical (unpaired) electrons. The molecule has 0 aliphatic rings. The van der Waals surface area contributed by atoms with Gasteiger partial charge in [-0.15, -0.1) is 0 Å². The standard InChI is InChI=1S/C8H9ClN2O2/c1-2-5-3-4-11-7(9)6(5)13-8(10)12/h3-4H,2H2,1H3,(H2,10,12). The van der Waals surface area contributed by atoms with E-state index in [1.54, 1.807) is 12.3 Å². The Morgan fingerprint density at radius 2 is 2.46 bits per heavy atom. The average molecular weight is 201 g/mol. The molecule has 0 aliphatic heterocycles. The second-order valence-electron chi connectivity index (χ2n) is 2.36. The topological polar surface area (TPSA) is 65.2 Å². The van der Waals surface area contributed by atoms with Crippen molar-refractivity contribution in [2.45, 2.75) is 13.3 Å². The van der Waals surface area contributed by atoms with E-state index in [4.69, 9.17) is 22.1 Å². The van der Waals surface area contributed by atoms with Crippen molar-refractivity contribution in [3.63, 3.8) is 0 Å². The van der Waals surface area contributed by atoms with Crippen LogP contribution < -0.4 is 10.5 Å². The number of aryl methyl sites for hydroxylation is 1. The third kappa shape index (κ3) is 2.32. The van der Waals surface area contributed by atoms with Gasteiger partial charge in [0.05, 0.1) is 0 Å². The smallest absolute Gasteiger partial charge is 0.407 e. The molecule has 0 aliphatic carbocycles. The van der Waals surface area contributed by atoms with Crippen molar-refractivity contribution >= 4 is 17.7 Å². The van der Waals surface area contributed by atoms with Crippen LogP contribution in [0, 0.1) is 0 Å². The average Bonchev–Trinajstić information content (AvgIpc) is 2.08. The van der Waals surface area contributed by atoms with Gasteiger partial charge in [0, 0.05) is 6.20 Å². The molecule has 1 amide bonds. The largest absolute Gasteiger partial charge is 0.410 e. The zero-order valence-corrected chi connectivity index (χ0v) is 7.84. The van der Waals surface area contributed by atoms with Gasteiger partial charge < -0.3 is 10.5 Å². The van der Waals surface area contributed by atoms with Gasteiger partial charge in [-0.25, -0.2) is 9.78 Å². The second kappa shape index (κ2) is 4.09. The van der Waals surface area contributed by atoms with Crippen LogP contribution in [0.3, 0.4) is 0 Å². The summed E-state index contributed by atoms with van der Waals surface area (Å²) in [6.07, 6.45) is 1.37. The predicted molar refractivity (Wildman–Crippen MR) is 48.8 cm³/mol. The molecular formula is C8H9ClN2O2. The Balaban J connectivity index is 3.07. The minimum Gasteiger partial charge on any atom is -0.407 e. The van der Waals surface area contributed by atoms with Gasteiger partial charge in [0.25, 0.3) is 0 Å². The summed E-state index contributed by atoms with van der Waals surface area (Å²) in [6.45, 7) is 1.92. The van der Waals surface area contributed by atoms with E-state index in [9.17, 15) is 4.79 Å². The lowest BCUT2D eigenvalue weighted by atomic mass is 10.2. The molecule has 4 nitrogen and oxygen atoms in total. The molecule has 0 fully saturated rings. The number of amides is 1. The Hall–Kier alpha value is -1.29. The maximum Gasteiger partial charge on any atom is 0.410 e. The summed E-state index contributed by atoms with van der Waals surface area (Å²) in [6, 6.07) is 1.73.